The molecule has 3 rings (SSSR count). The summed E-state index contributed by atoms with van der Waals surface area (Å²) in [6.45, 7) is 3.56. The fourth-order valence-electron chi connectivity index (χ4n) is 2.76. The fourth-order valence-corrected chi connectivity index (χ4v) is 2.76. The number of carbonyl (C=O) groups excluding carboxylic acids is 2. The summed E-state index contributed by atoms with van der Waals surface area (Å²) < 4.78 is 0. The highest BCUT2D eigenvalue weighted by atomic mass is 16.2. The van der Waals surface area contributed by atoms with Gasteiger partial charge in [-0.15, -0.1) is 0 Å². The van der Waals surface area contributed by atoms with Gasteiger partial charge in [-0.25, -0.2) is 0 Å². The normalized spacial score (nSPS) is 26.1. The van der Waals surface area contributed by atoms with Crippen molar-refractivity contribution in [1.82, 2.24) is 0 Å². The summed E-state index contributed by atoms with van der Waals surface area (Å²) in [5.41, 5.74) is 2.71. The second kappa shape index (κ2) is 2.73. The van der Waals surface area contributed by atoms with E-state index in [1.807, 2.05) is 19.1 Å². The third-order valence-corrected chi connectivity index (χ3v) is 3.55. The van der Waals surface area contributed by atoms with Gasteiger partial charge in [-0.3, -0.25) is 14.5 Å². The maximum Gasteiger partial charge on any atom is 0.224 e. The average molecular weight is 215 g/mol. The van der Waals surface area contributed by atoms with Crippen LogP contribution >= 0.6 is 0 Å². The first-order valence-corrected chi connectivity index (χ1v) is 5.48. The number of ketones is 1. The van der Waals surface area contributed by atoms with Crippen molar-refractivity contribution in [1.29, 1.82) is 0 Å². The van der Waals surface area contributed by atoms with Crippen LogP contribution < -0.4 is 4.90 Å². The number of rotatable bonds is 0. The lowest BCUT2D eigenvalue weighted by Gasteiger charge is -2.21. The van der Waals surface area contributed by atoms with E-state index in [0.29, 0.717) is 12.8 Å². The van der Waals surface area contributed by atoms with Crippen LogP contribution in [0.15, 0.2) is 18.2 Å². The molecule has 1 amide bonds. The molecule has 82 valence electrons. The molecule has 1 unspecified atom stereocenters. The molecule has 0 radical (unpaired) electrons. The van der Waals surface area contributed by atoms with Gasteiger partial charge in [-0.05, 0) is 18.6 Å². The quantitative estimate of drug-likeness (QED) is 0.659. The Bertz CT molecular complexity index is 521. The highest BCUT2D eigenvalue weighted by Crippen LogP contribution is 2.50. The van der Waals surface area contributed by atoms with E-state index in [0.717, 1.165) is 11.3 Å². The first kappa shape index (κ1) is 9.58. The summed E-state index contributed by atoms with van der Waals surface area (Å²) >= 11 is 0. The topological polar surface area (TPSA) is 37.4 Å². The third-order valence-electron chi connectivity index (χ3n) is 3.55. The van der Waals surface area contributed by atoms with E-state index in [1.54, 1.807) is 4.90 Å². The summed E-state index contributed by atoms with van der Waals surface area (Å²) in [4.78, 5) is 24.9. The molecule has 1 aliphatic carbocycles. The highest BCUT2D eigenvalue weighted by molar-refractivity contribution is 6.16. The summed E-state index contributed by atoms with van der Waals surface area (Å²) in [6.07, 6.45) is 1.21. The number of fused-ring (bicyclic) bond motifs is 1. The van der Waals surface area contributed by atoms with Gasteiger partial charge >= 0.3 is 0 Å². The summed E-state index contributed by atoms with van der Waals surface area (Å²) in [5, 5.41) is 0. The molecule has 1 aliphatic heterocycles. The van der Waals surface area contributed by atoms with Crippen LogP contribution in [0.3, 0.4) is 0 Å². The molecule has 0 aromatic heterocycles. The van der Waals surface area contributed by atoms with Gasteiger partial charge in [0.25, 0.3) is 0 Å². The van der Waals surface area contributed by atoms with Crippen molar-refractivity contribution in [3.8, 4) is 0 Å². The second-order valence-corrected chi connectivity index (χ2v) is 4.79. The van der Waals surface area contributed by atoms with Crippen LogP contribution in [0.1, 0.15) is 24.5 Å². The Morgan fingerprint density at radius 3 is 2.62 bits per heavy atom. The molecule has 1 spiro atoms. The Kier molecular flexibility index (Phi) is 1.63. The smallest absolute Gasteiger partial charge is 0.224 e. The Balaban J connectivity index is 2.15. The molecule has 0 saturated heterocycles. The van der Waals surface area contributed by atoms with E-state index >= 15 is 0 Å². The number of nitrogens with zero attached hydrogens (tertiary/aromatic N) is 1. The zero-order valence-corrected chi connectivity index (χ0v) is 9.41. The van der Waals surface area contributed by atoms with Crippen molar-refractivity contribution < 1.29 is 9.59 Å². The zero-order chi connectivity index (χ0) is 11.5. The van der Waals surface area contributed by atoms with Gasteiger partial charge in [-0.1, -0.05) is 17.7 Å². The van der Waals surface area contributed by atoms with Crippen molar-refractivity contribution in [3.63, 3.8) is 0 Å². The van der Waals surface area contributed by atoms with E-state index in [2.05, 4.69) is 6.07 Å². The largest absolute Gasteiger partial charge is 0.298 e. The molecule has 1 aromatic rings. The minimum Gasteiger partial charge on any atom is -0.298 e. The molecule has 3 heteroatoms. The van der Waals surface area contributed by atoms with E-state index in [4.69, 9.17) is 0 Å². The molecule has 1 aromatic carbocycles. The first-order chi connectivity index (χ1) is 7.54. The summed E-state index contributed by atoms with van der Waals surface area (Å²) in [5.74, 6) is 0.157. The van der Waals surface area contributed by atoms with Crippen LogP contribution in [0.4, 0.5) is 5.69 Å². The summed E-state index contributed by atoms with van der Waals surface area (Å²) in [6, 6.07) is 6.01. The molecular weight excluding hydrogens is 202 g/mol. The van der Waals surface area contributed by atoms with Crippen LogP contribution in [-0.2, 0) is 16.0 Å². The molecule has 1 fully saturated rings. The van der Waals surface area contributed by atoms with Gasteiger partial charge in [0.1, 0.15) is 5.54 Å². The monoisotopic (exact) mass is 215 g/mol. The lowest BCUT2D eigenvalue weighted by Crippen LogP contribution is -2.39. The van der Waals surface area contributed by atoms with Crippen LogP contribution in [0.25, 0.3) is 0 Å². The van der Waals surface area contributed by atoms with Crippen LogP contribution in [0, 0.1) is 6.92 Å². The van der Waals surface area contributed by atoms with E-state index in [-0.39, 0.29) is 11.7 Å². The van der Waals surface area contributed by atoms with Crippen LogP contribution in [0.2, 0.25) is 0 Å². The maximum absolute atomic E-state index is 11.7. The fraction of sp³-hybridized carbons (Fsp3) is 0.385. The van der Waals surface area contributed by atoms with Gasteiger partial charge in [0.05, 0.1) is 0 Å². The van der Waals surface area contributed by atoms with Crippen molar-refractivity contribution in [3.05, 3.63) is 29.3 Å². The molecule has 1 atom stereocenters. The number of anilines is 1. The predicted molar refractivity (Wildman–Crippen MR) is 60.4 cm³/mol. The number of amides is 1. The van der Waals surface area contributed by atoms with Crippen LogP contribution in [-0.4, -0.2) is 17.2 Å². The number of benzene rings is 1. The molecule has 0 bridgehead atoms. The van der Waals surface area contributed by atoms with Gasteiger partial charge in [0, 0.05) is 25.5 Å². The SMILES string of the molecule is CC(=O)N1c2ccc(C)cc2CC12CC2=O. The molecule has 3 nitrogen and oxygen atoms in total. The lowest BCUT2D eigenvalue weighted by atomic mass is 10.1. The molecule has 16 heavy (non-hydrogen) atoms. The van der Waals surface area contributed by atoms with Crippen molar-refractivity contribution in [2.45, 2.75) is 32.2 Å². The third kappa shape index (κ3) is 1.03. The molecule has 1 heterocycles. The Hall–Kier alpha value is -1.64. The lowest BCUT2D eigenvalue weighted by molar-refractivity contribution is -0.119. The van der Waals surface area contributed by atoms with Crippen molar-refractivity contribution in [2.75, 3.05) is 4.90 Å². The summed E-state index contributed by atoms with van der Waals surface area (Å²) in [7, 11) is 0. The predicted octanol–water partition coefficient (Wildman–Crippen LogP) is 1.62. The zero-order valence-electron chi connectivity index (χ0n) is 9.41. The van der Waals surface area contributed by atoms with Gasteiger partial charge in [-0.2, -0.15) is 0 Å². The number of Topliss-reactive ketones (excluding diaryl/α,β-unsaturated/α-hetero) is 1. The highest BCUT2D eigenvalue weighted by Gasteiger charge is 2.63. The first-order valence-electron chi connectivity index (χ1n) is 5.48. The van der Waals surface area contributed by atoms with Crippen molar-refractivity contribution >= 4 is 17.4 Å². The molecular formula is C13H13NO2. The molecule has 2 aliphatic rings. The van der Waals surface area contributed by atoms with E-state index < -0.39 is 5.54 Å². The van der Waals surface area contributed by atoms with Gasteiger partial charge < -0.3 is 0 Å². The van der Waals surface area contributed by atoms with Gasteiger partial charge in [0.15, 0.2) is 5.78 Å². The van der Waals surface area contributed by atoms with E-state index in [1.165, 1.54) is 12.5 Å². The number of aryl methyl sites for hydroxylation is 1. The van der Waals surface area contributed by atoms with E-state index in [9.17, 15) is 9.59 Å². The number of carbonyl (C=O) groups is 2. The second-order valence-electron chi connectivity index (χ2n) is 4.79. The Labute approximate surface area is 94.1 Å². The minimum atomic E-state index is -0.512. The number of hydrogen-bond donors (Lipinski definition) is 0. The Morgan fingerprint density at radius 1 is 1.38 bits per heavy atom. The minimum absolute atomic E-state index is 0.0338. The van der Waals surface area contributed by atoms with Crippen molar-refractivity contribution in [2.24, 2.45) is 0 Å². The maximum atomic E-state index is 11.7. The standard InChI is InChI=1S/C13H13NO2/c1-8-3-4-11-10(5-8)6-13(7-12(13)16)14(11)9(2)15/h3-5H,6-7H2,1-2H3. The molecule has 0 N–H and O–H groups in total. The van der Waals surface area contributed by atoms with Crippen LogP contribution in [0.5, 0.6) is 0 Å². The average Bonchev–Trinajstić information content (AvgIpc) is 2.71. The van der Waals surface area contributed by atoms with Gasteiger partial charge in [0.2, 0.25) is 5.91 Å². The number of hydrogen-bond acceptors (Lipinski definition) is 2. The Morgan fingerprint density at radius 2 is 2.06 bits per heavy atom. The molecule has 1 saturated carbocycles.